The zero-order valence-electron chi connectivity index (χ0n) is 18.8. The third-order valence-corrected chi connectivity index (χ3v) is 6.67. The van der Waals surface area contributed by atoms with Crippen molar-refractivity contribution in [1.29, 1.82) is 0 Å². The van der Waals surface area contributed by atoms with E-state index in [2.05, 4.69) is 48.8 Å². The Labute approximate surface area is 191 Å². The highest BCUT2D eigenvalue weighted by Gasteiger charge is 2.39. The number of nitrogens with two attached hydrogens (primary N) is 1. The lowest BCUT2D eigenvalue weighted by atomic mass is 9.79. The van der Waals surface area contributed by atoms with Gasteiger partial charge >= 0.3 is 0 Å². The van der Waals surface area contributed by atoms with E-state index < -0.39 is 0 Å². The highest BCUT2D eigenvalue weighted by molar-refractivity contribution is 5.93. The van der Waals surface area contributed by atoms with Crippen LogP contribution in [0.15, 0.2) is 30.5 Å². The molecule has 2 aliphatic heterocycles. The molecule has 1 saturated heterocycles. The molecule has 172 valence electrons. The Hall–Kier alpha value is -3.37. The van der Waals surface area contributed by atoms with Crippen LogP contribution in [-0.4, -0.2) is 62.7 Å². The van der Waals surface area contributed by atoms with E-state index in [9.17, 15) is 4.79 Å². The van der Waals surface area contributed by atoms with Gasteiger partial charge in [-0.2, -0.15) is 5.21 Å². The van der Waals surface area contributed by atoms with Crippen LogP contribution in [0.3, 0.4) is 0 Å². The average molecular weight is 449 g/mol. The molecule has 2 aliphatic rings. The molecule has 0 radical (unpaired) electrons. The molecule has 2 aromatic heterocycles. The number of benzene rings is 1. The maximum absolute atomic E-state index is 12.5. The number of hydrogen-bond acceptors (Lipinski definition) is 8. The Kier molecular flexibility index (Phi) is 5.77. The molecular weight excluding hydrogens is 420 g/mol. The Morgan fingerprint density at radius 1 is 1.36 bits per heavy atom. The van der Waals surface area contributed by atoms with E-state index in [0.29, 0.717) is 17.3 Å². The van der Waals surface area contributed by atoms with E-state index in [4.69, 9.17) is 10.5 Å². The molecule has 3 atom stereocenters. The van der Waals surface area contributed by atoms with E-state index >= 15 is 0 Å². The number of anilines is 1. The van der Waals surface area contributed by atoms with Gasteiger partial charge < -0.3 is 15.8 Å². The van der Waals surface area contributed by atoms with Gasteiger partial charge in [-0.25, -0.2) is 0 Å². The lowest BCUT2D eigenvalue weighted by Crippen LogP contribution is -2.50. The Bertz CT molecular complexity index is 1150. The number of carbonyl (C=O) groups excluding carboxylic acids is 1. The highest BCUT2D eigenvalue weighted by atomic mass is 16.5. The van der Waals surface area contributed by atoms with Crippen LogP contribution in [-0.2, 0) is 17.6 Å². The van der Waals surface area contributed by atoms with E-state index in [-0.39, 0.29) is 30.3 Å². The molecule has 1 amide bonds. The molecule has 10 nitrogen and oxygen atoms in total. The quantitative estimate of drug-likeness (QED) is 0.535. The van der Waals surface area contributed by atoms with Gasteiger partial charge in [-0.15, -0.1) is 10.2 Å². The van der Waals surface area contributed by atoms with Crippen LogP contribution in [0.4, 0.5) is 5.69 Å². The molecule has 4 heterocycles. The summed E-state index contributed by atoms with van der Waals surface area (Å²) in [5, 5.41) is 16.4. The molecule has 5 rings (SSSR count). The third-order valence-electron chi connectivity index (χ3n) is 6.67. The molecule has 3 unspecified atom stereocenters. The standard InChI is InChI=1S/C23H28N8O2/c1-13-3-5-25-18(7-13)16-12-31-6-4-14-8-19(26-23(32)11-22-27-29-30-28-22)21(33-2)9-15(14)20(31)10-17(16)24/h3,5,7-9,16-17,20H,4,6,10-12,24H2,1-2H3,(H,26,32)(H,27,28,29,30). The van der Waals surface area contributed by atoms with Crippen LogP contribution in [0.25, 0.3) is 0 Å². The summed E-state index contributed by atoms with van der Waals surface area (Å²) in [7, 11) is 1.61. The molecule has 1 aromatic carbocycles. The zero-order valence-corrected chi connectivity index (χ0v) is 18.8. The van der Waals surface area contributed by atoms with Gasteiger partial charge in [0, 0.05) is 43.0 Å². The smallest absolute Gasteiger partial charge is 0.232 e. The van der Waals surface area contributed by atoms with Crippen LogP contribution in [0, 0.1) is 6.92 Å². The third kappa shape index (κ3) is 4.31. The van der Waals surface area contributed by atoms with Gasteiger partial charge in [-0.05, 0) is 60.7 Å². The summed E-state index contributed by atoms with van der Waals surface area (Å²) < 4.78 is 5.63. The van der Waals surface area contributed by atoms with Crippen LogP contribution in [0.5, 0.6) is 5.75 Å². The first-order chi connectivity index (χ1) is 16.0. The number of tetrazole rings is 1. The number of piperidine rings is 1. The Morgan fingerprint density at radius 3 is 3.00 bits per heavy atom. The van der Waals surface area contributed by atoms with Gasteiger partial charge in [0.1, 0.15) is 5.75 Å². The molecule has 10 heteroatoms. The fourth-order valence-electron chi connectivity index (χ4n) is 5.03. The fraction of sp³-hybridized carbons (Fsp3) is 0.435. The Morgan fingerprint density at radius 2 is 2.24 bits per heavy atom. The van der Waals surface area contributed by atoms with E-state index in [1.807, 2.05) is 24.4 Å². The molecule has 3 aromatic rings. The fourth-order valence-corrected chi connectivity index (χ4v) is 5.03. The molecule has 1 fully saturated rings. The number of aryl methyl sites for hydroxylation is 1. The van der Waals surface area contributed by atoms with Gasteiger partial charge in [0.25, 0.3) is 0 Å². The van der Waals surface area contributed by atoms with E-state index in [1.54, 1.807) is 7.11 Å². The molecular formula is C23H28N8O2. The second kappa shape index (κ2) is 8.87. The number of H-pyrrole nitrogens is 1. The summed E-state index contributed by atoms with van der Waals surface area (Å²) in [6, 6.07) is 8.49. The van der Waals surface area contributed by atoms with E-state index in [1.165, 1.54) is 16.7 Å². The first kappa shape index (κ1) is 21.5. The molecule has 0 aliphatic carbocycles. The van der Waals surface area contributed by atoms with Gasteiger partial charge in [0.05, 0.1) is 19.2 Å². The maximum Gasteiger partial charge on any atom is 0.232 e. The maximum atomic E-state index is 12.5. The lowest BCUT2D eigenvalue weighted by molar-refractivity contribution is -0.115. The van der Waals surface area contributed by atoms with Crippen LogP contribution < -0.4 is 15.8 Å². The molecule has 0 saturated carbocycles. The second-order valence-corrected chi connectivity index (χ2v) is 8.83. The highest BCUT2D eigenvalue weighted by Crippen LogP contribution is 2.43. The van der Waals surface area contributed by atoms with Crippen LogP contribution in [0.2, 0.25) is 0 Å². The predicted octanol–water partition coefficient (Wildman–Crippen LogP) is 1.51. The van der Waals surface area contributed by atoms with Crippen molar-refractivity contribution in [3.8, 4) is 5.75 Å². The summed E-state index contributed by atoms with van der Waals surface area (Å²) in [6.45, 7) is 3.91. The first-order valence-electron chi connectivity index (χ1n) is 11.2. The predicted molar refractivity (Wildman–Crippen MR) is 122 cm³/mol. The van der Waals surface area contributed by atoms with Crippen molar-refractivity contribution in [1.82, 2.24) is 30.5 Å². The zero-order chi connectivity index (χ0) is 22.9. The topological polar surface area (TPSA) is 135 Å². The van der Waals surface area contributed by atoms with Crippen molar-refractivity contribution < 1.29 is 9.53 Å². The number of nitrogens with one attached hydrogen (secondary N) is 2. The number of rotatable bonds is 5. The molecule has 33 heavy (non-hydrogen) atoms. The van der Waals surface area contributed by atoms with E-state index in [0.717, 1.165) is 31.6 Å². The Balaban J connectivity index is 1.37. The summed E-state index contributed by atoms with van der Waals surface area (Å²) in [4.78, 5) is 19.6. The van der Waals surface area contributed by atoms with Crippen molar-refractivity contribution in [3.05, 3.63) is 58.7 Å². The molecule has 0 bridgehead atoms. The number of ether oxygens (including phenoxy) is 1. The number of nitrogens with zero attached hydrogens (tertiary/aromatic N) is 5. The SMILES string of the molecule is COc1cc2c(cc1NC(=O)Cc1nn[nH]n1)CCN1CC(c3cc(C)ccn3)C(N)CC21. The number of methoxy groups -OCH3 is 1. The normalized spacial score (nSPS) is 22.3. The van der Waals surface area contributed by atoms with Crippen LogP contribution >= 0.6 is 0 Å². The van der Waals surface area contributed by atoms with Crippen molar-refractivity contribution >= 4 is 11.6 Å². The van der Waals surface area contributed by atoms with Crippen molar-refractivity contribution in [2.45, 2.75) is 44.2 Å². The second-order valence-electron chi connectivity index (χ2n) is 8.83. The van der Waals surface area contributed by atoms with Crippen molar-refractivity contribution in [2.24, 2.45) is 5.73 Å². The van der Waals surface area contributed by atoms with Crippen LogP contribution in [0.1, 0.15) is 46.6 Å². The number of pyridine rings is 1. The number of amides is 1. The largest absolute Gasteiger partial charge is 0.495 e. The van der Waals surface area contributed by atoms with Gasteiger partial charge in [0.2, 0.25) is 5.91 Å². The van der Waals surface area contributed by atoms with Crippen molar-refractivity contribution in [3.63, 3.8) is 0 Å². The number of hydrogen-bond donors (Lipinski definition) is 3. The summed E-state index contributed by atoms with van der Waals surface area (Å²) in [5.74, 6) is 0.968. The minimum absolute atomic E-state index is 0.0202. The van der Waals surface area contributed by atoms with Gasteiger partial charge in [0.15, 0.2) is 5.82 Å². The van der Waals surface area contributed by atoms with Crippen molar-refractivity contribution in [2.75, 3.05) is 25.5 Å². The number of carbonyl (C=O) groups is 1. The number of aromatic amines is 1. The number of fused-ring (bicyclic) bond motifs is 3. The minimum Gasteiger partial charge on any atom is -0.495 e. The average Bonchev–Trinajstić information content (AvgIpc) is 3.31. The summed E-state index contributed by atoms with van der Waals surface area (Å²) in [5.41, 5.74) is 12.0. The molecule has 4 N–H and O–H groups in total. The lowest BCUT2D eigenvalue weighted by Gasteiger charge is -2.46. The van der Waals surface area contributed by atoms with Gasteiger partial charge in [-0.3, -0.25) is 14.7 Å². The van der Waals surface area contributed by atoms with Gasteiger partial charge in [-0.1, -0.05) is 5.21 Å². The molecule has 0 spiro atoms. The monoisotopic (exact) mass is 448 g/mol. The first-order valence-corrected chi connectivity index (χ1v) is 11.2. The minimum atomic E-state index is -0.222. The summed E-state index contributed by atoms with van der Waals surface area (Å²) in [6.07, 6.45) is 3.65. The number of aromatic nitrogens is 5. The summed E-state index contributed by atoms with van der Waals surface area (Å²) >= 11 is 0.